The first-order valence-electron chi connectivity index (χ1n) is 19.0. The summed E-state index contributed by atoms with van der Waals surface area (Å²) in [5.74, 6) is 0.536. The fraction of sp³-hybridized carbons (Fsp3) is 0. The van der Waals surface area contributed by atoms with Crippen LogP contribution in [-0.4, -0.2) is 19.5 Å². The maximum Gasteiger partial charge on any atom is 0.167 e. The van der Waals surface area contributed by atoms with Crippen LogP contribution in [0.5, 0.6) is 0 Å². The second-order valence-electron chi connectivity index (χ2n) is 12.4. The first-order valence-corrected chi connectivity index (χ1v) is 17.4. The topological polar surface area (TPSA) is 56.7 Å². The van der Waals surface area contributed by atoms with Gasteiger partial charge in [0.25, 0.3) is 0 Å². The van der Waals surface area contributed by atoms with Crippen molar-refractivity contribution in [1.29, 1.82) is 0 Å². The van der Waals surface area contributed by atoms with Gasteiger partial charge in [0.05, 0.1) is 23.5 Å². The number of hydrogen-bond acceptors (Lipinski definition) is 5. The lowest BCUT2D eigenvalue weighted by molar-refractivity contribution is 0.669. The lowest BCUT2D eigenvalue weighted by Crippen LogP contribution is -2.00. The highest BCUT2D eigenvalue weighted by molar-refractivity contribution is 7.25. The molecular weight excluding hydrogens is 645 g/mol. The first kappa shape index (κ1) is 23.7. The smallest absolute Gasteiger partial charge is 0.167 e. The summed E-state index contributed by atoms with van der Waals surface area (Å²) in [6.45, 7) is 0. The minimum atomic E-state index is -0.486. The molecule has 0 radical (unpaired) electrons. The molecule has 7 aromatic carbocycles. The third kappa shape index (κ3) is 4.30. The number of furan rings is 1. The van der Waals surface area contributed by atoms with Gasteiger partial charge in [0.15, 0.2) is 17.5 Å². The number of benzene rings is 7. The predicted octanol–water partition coefficient (Wildman–Crippen LogP) is 12.2. The Kier molecular flexibility index (Phi) is 5.08. The van der Waals surface area contributed by atoms with E-state index < -0.39 is 30.2 Å². The summed E-state index contributed by atoms with van der Waals surface area (Å²) in [6, 6.07) is 40.7. The van der Waals surface area contributed by atoms with Crippen LogP contribution in [0.3, 0.4) is 0 Å². The number of aromatic nitrogens is 4. The van der Waals surface area contributed by atoms with Crippen LogP contribution in [0.4, 0.5) is 0 Å². The minimum absolute atomic E-state index is 0.0275. The predicted molar refractivity (Wildman–Crippen MR) is 211 cm³/mol. The van der Waals surface area contributed by atoms with Gasteiger partial charge in [0.1, 0.15) is 11.2 Å². The molecule has 0 fully saturated rings. The zero-order chi connectivity index (χ0) is 37.8. The van der Waals surface area contributed by atoms with E-state index in [4.69, 9.17) is 26.2 Å². The van der Waals surface area contributed by atoms with Gasteiger partial charge in [-0.05, 0) is 42.5 Å². The molecule has 6 heteroatoms. The van der Waals surface area contributed by atoms with E-state index in [0.717, 1.165) is 53.2 Å². The van der Waals surface area contributed by atoms with Crippen molar-refractivity contribution in [3.05, 3.63) is 158 Å². The molecule has 4 heterocycles. The van der Waals surface area contributed by atoms with Crippen molar-refractivity contribution in [2.45, 2.75) is 0 Å². The maximum atomic E-state index is 8.83. The van der Waals surface area contributed by atoms with Crippen molar-refractivity contribution in [1.82, 2.24) is 19.5 Å². The van der Waals surface area contributed by atoms with E-state index in [-0.39, 0.29) is 17.2 Å². The van der Waals surface area contributed by atoms with Gasteiger partial charge in [-0.15, -0.1) is 11.3 Å². The van der Waals surface area contributed by atoms with Gasteiger partial charge in [-0.2, -0.15) is 0 Å². The third-order valence-electron chi connectivity index (χ3n) is 9.56. The number of fused-ring (bicyclic) bond motifs is 9. The molecule has 0 spiro atoms. The standard InChI is InChI=1S/C45H26N4OS/c1-2-12-27(13-3-1)43-46-44(34-18-11-23-40-41(34)33-16-6-9-22-39(33)51-40)48-45(47-43)35-19-10-17-32-31-25-24-28(26-38(31)50-42(32)35)49-36-20-7-4-14-29(36)30-15-5-8-21-37(30)49/h1-26H/i1D,2D,3D,12D,13D. The van der Waals surface area contributed by atoms with Gasteiger partial charge in [-0.3, -0.25) is 0 Å². The van der Waals surface area contributed by atoms with Crippen LogP contribution in [0.25, 0.3) is 104 Å². The zero-order valence-electron chi connectivity index (χ0n) is 31.7. The van der Waals surface area contributed by atoms with E-state index >= 15 is 0 Å². The minimum Gasteiger partial charge on any atom is -0.455 e. The summed E-state index contributed by atoms with van der Waals surface area (Å²) in [5, 5.41) is 6.14. The number of rotatable bonds is 4. The normalized spacial score (nSPS) is 13.3. The maximum absolute atomic E-state index is 8.83. The second-order valence-corrected chi connectivity index (χ2v) is 13.5. The third-order valence-corrected chi connectivity index (χ3v) is 10.7. The molecule has 51 heavy (non-hydrogen) atoms. The number of para-hydroxylation sites is 3. The highest BCUT2D eigenvalue weighted by Gasteiger charge is 2.20. The van der Waals surface area contributed by atoms with E-state index in [1.54, 1.807) is 11.3 Å². The van der Waals surface area contributed by atoms with E-state index in [9.17, 15) is 0 Å². The van der Waals surface area contributed by atoms with Crippen molar-refractivity contribution in [2.75, 3.05) is 0 Å². The van der Waals surface area contributed by atoms with Crippen LogP contribution in [-0.2, 0) is 0 Å². The fourth-order valence-corrected chi connectivity index (χ4v) is 8.49. The molecule has 0 saturated carbocycles. The van der Waals surface area contributed by atoms with Gasteiger partial charge in [0.2, 0.25) is 0 Å². The van der Waals surface area contributed by atoms with E-state index in [0.29, 0.717) is 22.6 Å². The Morgan fingerprint density at radius 1 is 0.529 bits per heavy atom. The van der Waals surface area contributed by atoms with Gasteiger partial charge in [-0.25, -0.2) is 15.0 Å². The molecule has 0 unspecified atom stereocenters. The molecule has 11 aromatic rings. The molecule has 238 valence electrons. The average molecular weight is 676 g/mol. The first-order chi connectivity index (χ1) is 27.4. The molecule has 0 saturated heterocycles. The van der Waals surface area contributed by atoms with E-state index in [1.165, 1.54) is 10.8 Å². The average Bonchev–Trinajstić information content (AvgIpc) is 3.91. The summed E-state index contributed by atoms with van der Waals surface area (Å²) in [7, 11) is 0. The lowest BCUT2D eigenvalue weighted by atomic mass is 10.0. The molecule has 11 rings (SSSR count). The lowest BCUT2D eigenvalue weighted by Gasteiger charge is -2.10. The van der Waals surface area contributed by atoms with Crippen LogP contribution in [0, 0.1) is 0 Å². The Balaban J connectivity index is 1.17. The summed E-state index contributed by atoms with van der Waals surface area (Å²) in [5.41, 5.74) is 5.61. The van der Waals surface area contributed by atoms with Crippen molar-refractivity contribution in [2.24, 2.45) is 0 Å². The van der Waals surface area contributed by atoms with Crippen LogP contribution in [0.15, 0.2) is 162 Å². The molecule has 0 bridgehead atoms. The molecule has 0 aliphatic heterocycles. The van der Waals surface area contributed by atoms with Crippen molar-refractivity contribution >= 4 is 75.3 Å². The Bertz CT molecular complexity index is 3380. The summed E-state index contributed by atoms with van der Waals surface area (Å²) < 4.78 is 53.9. The molecule has 5 nitrogen and oxygen atoms in total. The van der Waals surface area contributed by atoms with Gasteiger partial charge >= 0.3 is 0 Å². The van der Waals surface area contributed by atoms with Crippen molar-refractivity contribution in [3.63, 3.8) is 0 Å². The van der Waals surface area contributed by atoms with Crippen LogP contribution >= 0.6 is 11.3 Å². The zero-order valence-corrected chi connectivity index (χ0v) is 27.5. The summed E-state index contributed by atoms with van der Waals surface area (Å²) in [4.78, 5) is 14.8. The Hall–Kier alpha value is -6.63. The molecule has 4 aromatic heterocycles. The fourth-order valence-electron chi connectivity index (χ4n) is 7.35. The Morgan fingerprint density at radius 3 is 1.96 bits per heavy atom. The van der Waals surface area contributed by atoms with Gasteiger partial charge in [-0.1, -0.05) is 109 Å². The van der Waals surface area contributed by atoms with Crippen LogP contribution in [0.1, 0.15) is 6.85 Å². The SMILES string of the molecule is [2H]c1c([2H])c([2H])c(-c2nc(-c3cccc4c3oc3cc(-n5c6ccccc6c6ccccc65)ccc34)nc(-c3cccc4sc5ccccc5c34)n2)c([2H])c1[2H]. The van der Waals surface area contributed by atoms with Crippen molar-refractivity contribution in [3.8, 4) is 39.9 Å². The second kappa shape index (κ2) is 10.9. The molecule has 0 aliphatic rings. The number of hydrogen-bond donors (Lipinski definition) is 0. The Morgan fingerprint density at radius 2 is 1.16 bits per heavy atom. The van der Waals surface area contributed by atoms with Gasteiger partial charge in [0, 0.05) is 64.6 Å². The summed E-state index contributed by atoms with van der Waals surface area (Å²) in [6.07, 6.45) is 0. The highest BCUT2D eigenvalue weighted by atomic mass is 32.1. The molecule has 0 aliphatic carbocycles. The van der Waals surface area contributed by atoms with Crippen molar-refractivity contribution < 1.29 is 11.3 Å². The van der Waals surface area contributed by atoms with Gasteiger partial charge < -0.3 is 8.98 Å². The molecule has 0 atom stereocenters. The number of nitrogens with zero attached hydrogens (tertiary/aromatic N) is 4. The Labute approximate surface area is 302 Å². The quantitative estimate of drug-likeness (QED) is 0.186. The molecule has 0 amide bonds. The largest absolute Gasteiger partial charge is 0.455 e. The summed E-state index contributed by atoms with van der Waals surface area (Å²) >= 11 is 1.67. The van der Waals surface area contributed by atoms with Crippen LogP contribution < -0.4 is 0 Å². The van der Waals surface area contributed by atoms with Crippen LogP contribution in [0.2, 0.25) is 0 Å². The number of thiophene rings is 1. The van der Waals surface area contributed by atoms with E-state index in [2.05, 4.69) is 77.4 Å². The highest BCUT2D eigenvalue weighted by Crippen LogP contribution is 2.41. The van der Waals surface area contributed by atoms with E-state index in [1.807, 2.05) is 54.6 Å². The molecule has 0 N–H and O–H groups in total. The molecular formula is C45H26N4OS. The monoisotopic (exact) mass is 675 g/mol.